The van der Waals surface area contributed by atoms with Gasteiger partial charge in [-0.15, -0.1) is 0 Å². The van der Waals surface area contributed by atoms with Crippen LogP contribution in [0.5, 0.6) is 0 Å². The van der Waals surface area contributed by atoms with E-state index in [-0.39, 0.29) is 0 Å². The van der Waals surface area contributed by atoms with Crippen LogP contribution in [0.25, 0.3) is 0 Å². The standard InChI is InChI=1S/C13H22N4/c1-2-6-16-13(4-1)12-15-5-3-9-17-10-7-14-8-11-17/h1-2,4,6,14-15H,3,5,7-12H2. The summed E-state index contributed by atoms with van der Waals surface area (Å²) < 4.78 is 0. The van der Waals surface area contributed by atoms with Gasteiger partial charge in [-0.3, -0.25) is 4.98 Å². The second-order valence-corrected chi connectivity index (χ2v) is 4.44. The van der Waals surface area contributed by atoms with E-state index >= 15 is 0 Å². The van der Waals surface area contributed by atoms with Crippen molar-refractivity contribution in [3.05, 3.63) is 30.1 Å². The Morgan fingerprint density at radius 3 is 2.94 bits per heavy atom. The lowest BCUT2D eigenvalue weighted by Gasteiger charge is -2.27. The predicted molar refractivity (Wildman–Crippen MR) is 69.9 cm³/mol. The van der Waals surface area contributed by atoms with E-state index in [1.165, 1.54) is 26.1 Å². The Hall–Kier alpha value is -0.970. The van der Waals surface area contributed by atoms with Crippen molar-refractivity contribution >= 4 is 0 Å². The molecule has 1 aromatic heterocycles. The minimum absolute atomic E-state index is 0.877. The minimum atomic E-state index is 0.877. The number of aromatic nitrogens is 1. The van der Waals surface area contributed by atoms with Crippen molar-refractivity contribution < 1.29 is 0 Å². The number of nitrogens with one attached hydrogen (secondary N) is 2. The molecule has 0 radical (unpaired) electrons. The summed E-state index contributed by atoms with van der Waals surface area (Å²) in [7, 11) is 0. The van der Waals surface area contributed by atoms with Crippen LogP contribution in [0.4, 0.5) is 0 Å². The van der Waals surface area contributed by atoms with Gasteiger partial charge in [-0.25, -0.2) is 0 Å². The molecule has 1 aliphatic heterocycles. The van der Waals surface area contributed by atoms with Gasteiger partial charge in [0.25, 0.3) is 0 Å². The molecule has 1 aromatic rings. The van der Waals surface area contributed by atoms with Crippen LogP contribution in [0, 0.1) is 0 Å². The summed E-state index contributed by atoms with van der Waals surface area (Å²) in [4.78, 5) is 6.81. The molecule has 2 heterocycles. The Morgan fingerprint density at radius 1 is 1.29 bits per heavy atom. The van der Waals surface area contributed by atoms with Crippen molar-refractivity contribution in [1.29, 1.82) is 0 Å². The van der Waals surface area contributed by atoms with E-state index in [0.29, 0.717) is 0 Å². The van der Waals surface area contributed by atoms with Crippen LogP contribution in [-0.4, -0.2) is 49.2 Å². The Morgan fingerprint density at radius 2 is 2.18 bits per heavy atom. The molecular formula is C13H22N4. The molecule has 0 aromatic carbocycles. The van der Waals surface area contributed by atoms with Gasteiger partial charge in [-0.05, 0) is 31.6 Å². The first-order chi connectivity index (χ1) is 8.45. The summed E-state index contributed by atoms with van der Waals surface area (Å²) in [5, 5.41) is 6.81. The number of hydrogen-bond donors (Lipinski definition) is 2. The van der Waals surface area contributed by atoms with E-state index in [2.05, 4.69) is 26.6 Å². The van der Waals surface area contributed by atoms with Crippen LogP contribution in [0.2, 0.25) is 0 Å². The predicted octanol–water partition coefficient (Wildman–Crippen LogP) is 0.467. The summed E-state index contributed by atoms with van der Waals surface area (Å²) >= 11 is 0. The molecule has 2 N–H and O–H groups in total. The molecule has 94 valence electrons. The molecule has 1 saturated heterocycles. The first kappa shape index (κ1) is 12.5. The average Bonchev–Trinajstić information content (AvgIpc) is 2.41. The summed E-state index contributed by atoms with van der Waals surface area (Å²) in [6.45, 7) is 7.82. The third-order valence-corrected chi connectivity index (χ3v) is 3.07. The molecule has 1 aliphatic rings. The van der Waals surface area contributed by atoms with Gasteiger partial charge in [0.1, 0.15) is 0 Å². The Balaban J connectivity index is 1.51. The fraction of sp³-hybridized carbons (Fsp3) is 0.615. The average molecular weight is 234 g/mol. The zero-order chi connectivity index (χ0) is 11.8. The van der Waals surface area contributed by atoms with Gasteiger partial charge in [0.15, 0.2) is 0 Å². The molecule has 0 aliphatic carbocycles. The van der Waals surface area contributed by atoms with Crippen molar-refractivity contribution in [1.82, 2.24) is 20.5 Å². The highest BCUT2D eigenvalue weighted by Gasteiger charge is 2.07. The van der Waals surface area contributed by atoms with Gasteiger partial charge in [0.05, 0.1) is 5.69 Å². The molecule has 4 heteroatoms. The van der Waals surface area contributed by atoms with Gasteiger partial charge >= 0.3 is 0 Å². The quantitative estimate of drug-likeness (QED) is 0.702. The lowest BCUT2D eigenvalue weighted by atomic mass is 10.3. The van der Waals surface area contributed by atoms with Crippen LogP contribution in [0.1, 0.15) is 12.1 Å². The number of hydrogen-bond acceptors (Lipinski definition) is 4. The van der Waals surface area contributed by atoms with Gasteiger partial charge in [-0.2, -0.15) is 0 Å². The Labute approximate surface area is 103 Å². The smallest absolute Gasteiger partial charge is 0.0541 e. The Bertz CT molecular complexity index is 296. The molecule has 4 nitrogen and oxygen atoms in total. The maximum absolute atomic E-state index is 4.29. The minimum Gasteiger partial charge on any atom is -0.314 e. The van der Waals surface area contributed by atoms with Gasteiger partial charge in [0, 0.05) is 38.9 Å². The van der Waals surface area contributed by atoms with E-state index in [4.69, 9.17) is 0 Å². The second-order valence-electron chi connectivity index (χ2n) is 4.44. The van der Waals surface area contributed by atoms with E-state index < -0.39 is 0 Å². The molecule has 0 unspecified atom stereocenters. The van der Waals surface area contributed by atoms with E-state index in [0.717, 1.165) is 31.9 Å². The highest BCUT2D eigenvalue weighted by molar-refractivity contribution is 5.02. The molecule has 17 heavy (non-hydrogen) atoms. The summed E-state index contributed by atoms with van der Waals surface area (Å²) in [6, 6.07) is 6.04. The zero-order valence-corrected chi connectivity index (χ0v) is 10.4. The van der Waals surface area contributed by atoms with Crippen molar-refractivity contribution in [3.8, 4) is 0 Å². The SMILES string of the molecule is c1ccc(CNCCCN2CCNCC2)nc1. The Kier molecular flexibility index (Phi) is 5.42. The number of rotatable bonds is 6. The van der Waals surface area contributed by atoms with E-state index in [1.807, 2.05) is 18.3 Å². The van der Waals surface area contributed by atoms with Crippen LogP contribution in [0.3, 0.4) is 0 Å². The molecule has 1 fully saturated rings. The third kappa shape index (κ3) is 4.81. The molecular weight excluding hydrogens is 212 g/mol. The maximum atomic E-state index is 4.29. The van der Waals surface area contributed by atoms with Crippen molar-refractivity contribution in [2.45, 2.75) is 13.0 Å². The maximum Gasteiger partial charge on any atom is 0.0541 e. The number of nitrogens with zero attached hydrogens (tertiary/aromatic N) is 2. The van der Waals surface area contributed by atoms with Crippen molar-refractivity contribution in [3.63, 3.8) is 0 Å². The first-order valence-corrected chi connectivity index (χ1v) is 6.49. The summed E-state index contributed by atoms with van der Waals surface area (Å²) in [5.41, 5.74) is 1.12. The fourth-order valence-electron chi connectivity index (χ4n) is 2.08. The van der Waals surface area contributed by atoms with Gasteiger partial charge < -0.3 is 15.5 Å². The molecule has 0 amide bonds. The van der Waals surface area contributed by atoms with E-state index in [9.17, 15) is 0 Å². The highest BCUT2D eigenvalue weighted by atomic mass is 15.2. The molecule has 0 spiro atoms. The topological polar surface area (TPSA) is 40.2 Å². The highest BCUT2D eigenvalue weighted by Crippen LogP contribution is 1.95. The normalized spacial score (nSPS) is 17.2. The molecule has 0 atom stereocenters. The summed E-state index contributed by atoms with van der Waals surface area (Å²) in [5.74, 6) is 0. The molecule has 0 bridgehead atoms. The van der Waals surface area contributed by atoms with E-state index in [1.54, 1.807) is 0 Å². The van der Waals surface area contributed by atoms with Crippen molar-refractivity contribution in [2.24, 2.45) is 0 Å². The molecule has 2 rings (SSSR count). The zero-order valence-electron chi connectivity index (χ0n) is 10.4. The lowest BCUT2D eigenvalue weighted by molar-refractivity contribution is 0.237. The first-order valence-electron chi connectivity index (χ1n) is 6.49. The van der Waals surface area contributed by atoms with Gasteiger partial charge in [-0.1, -0.05) is 6.07 Å². The van der Waals surface area contributed by atoms with Crippen LogP contribution in [-0.2, 0) is 6.54 Å². The van der Waals surface area contributed by atoms with Crippen molar-refractivity contribution in [2.75, 3.05) is 39.3 Å². The fourth-order valence-corrected chi connectivity index (χ4v) is 2.08. The van der Waals surface area contributed by atoms with Gasteiger partial charge in [0.2, 0.25) is 0 Å². The van der Waals surface area contributed by atoms with Crippen LogP contribution >= 0.6 is 0 Å². The monoisotopic (exact) mass is 234 g/mol. The second kappa shape index (κ2) is 7.37. The largest absolute Gasteiger partial charge is 0.314 e. The third-order valence-electron chi connectivity index (χ3n) is 3.07. The number of piperazine rings is 1. The van der Waals surface area contributed by atoms with Crippen LogP contribution in [0.15, 0.2) is 24.4 Å². The lowest BCUT2D eigenvalue weighted by Crippen LogP contribution is -2.44. The molecule has 0 saturated carbocycles. The number of pyridine rings is 1. The summed E-state index contributed by atoms with van der Waals surface area (Å²) in [6.07, 6.45) is 3.06. The van der Waals surface area contributed by atoms with Crippen LogP contribution < -0.4 is 10.6 Å².